The molecule has 6 aliphatic rings. The van der Waals surface area contributed by atoms with Crippen molar-refractivity contribution in [1.82, 2.24) is 4.90 Å². The van der Waals surface area contributed by atoms with E-state index in [4.69, 9.17) is 4.74 Å². The molecule has 7 rings (SSSR count). The fourth-order valence-electron chi connectivity index (χ4n) is 7.55. The second-order valence-electron chi connectivity index (χ2n) is 10.4. The van der Waals surface area contributed by atoms with E-state index in [9.17, 15) is 9.59 Å². The Morgan fingerprint density at radius 3 is 2.21 bits per heavy atom. The highest BCUT2D eigenvalue weighted by Crippen LogP contribution is 2.60. The molecule has 148 valence electrons. The molecule has 0 atom stereocenters. The molecule has 2 aliphatic heterocycles. The predicted molar refractivity (Wildman–Crippen MR) is 105 cm³/mol. The highest BCUT2D eigenvalue weighted by molar-refractivity contribution is 6.00. The van der Waals surface area contributed by atoms with Crippen LogP contribution in [0.15, 0.2) is 24.3 Å². The summed E-state index contributed by atoms with van der Waals surface area (Å²) in [5.41, 5.74) is 0.235. The van der Waals surface area contributed by atoms with Gasteiger partial charge in [-0.05, 0) is 68.4 Å². The summed E-state index contributed by atoms with van der Waals surface area (Å²) in [6, 6.07) is 7.58. The Kier molecular flexibility index (Phi) is 3.56. The van der Waals surface area contributed by atoms with Gasteiger partial charge in [0.05, 0.1) is 17.4 Å². The van der Waals surface area contributed by atoms with Crippen molar-refractivity contribution in [2.45, 2.75) is 63.4 Å². The molecule has 1 aromatic carbocycles. The van der Waals surface area contributed by atoms with Crippen LogP contribution in [0.5, 0.6) is 5.75 Å². The van der Waals surface area contributed by atoms with Gasteiger partial charge in [0, 0.05) is 25.9 Å². The van der Waals surface area contributed by atoms with Crippen molar-refractivity contribution in [1.29, 1.82) is 0 Å². The Hall–Kier alpha value is -1.84. The van der Waals surface area contributed by atoms with Crippen LogP contribution in [0.3, 0.4) is 0 Å². The van der Waals surface area contributed by atoms with Gasteiger partial charge < -0.3 is 9.64 Å². The zero-order valence-corrected chi connectivity index (χ0v) is 16.5. The van der Waals surface area contributed by atoms with E-state index in [0.717, 1.165) is 68.7 Å². The summed E-state index contributed by atoms with van der Waals surface area (Å²) in [6.45, 7) is 1.46. The molecular formula is C24H29NO3. The number of rotatable bonds is 1. The topological polar surface area (TPSA) is 46.6 Å². The number of likely N-dealkylation sites (tertiary alicyclic amines) is 1. The quantitative estimate of drug-likeness (QED) is 0.734. The number of ether oxygens (including phenoxy) is 1. The number of nitrogens with zero attached hydrogens (tertiary/aromatic N) is 1. The smallest absolute Gasteiger partial charge is 0.228 e. The SMILES string of the molecule is O=C1CC2(CCN(C(=O)C34CC5CC(CC(C5)C3)C4)CC2)Oc2ccccc21. The number of amides is 1. The van der Waals surface area contributed by atoms with Crippen LogP contribution in [0, 0.1) is 23.2 Å². The van der Waals surface area contributed by atoms with Crippen molar-refractivity contribution >= 4 is 11.7 Å². The van der Waals surface area contributed by atoms with Crippen molar-refractivity contribution in [2.24, 2.45) is 23.2 Å². The van der Waals surface area contributed by atoms with Gasteiger partial charge in [-0.25, -0.2) is 0 Å². The molecule has 2 heterocycles. The molecule has 0 N–H and O–H groups in total. The first-order chi connectivity index (χ1) is 13.5. The number of fused-ring (bicyclic) bond motifs is 1. The summed E-state index contributed by atoms with van der Waals surface area (Å²) in [5, 5.41) is 0. The Morgan fingerprint density at radius 2 is 1.57 bits per heavy atom. The normalized spacial score (nSPS) is 37.6. The number of benzene rings is 1. The summed E-state index contributed by atoms with van der Waals surface area (Å²) < 4.78 is 6.35. The molecule has 4 heteroatoms. The number of hydrogen-bond donors (Lipinski definition) is 0. The van der Waals surface area contributed by atoms with Gasteiger partial charge in [-0.3, -0.25) is 9.59 Å². The maximum absolute atomic E-state index is 13.6. The Balaban J connectivity index is 1.18. The summed E-state index contributed by atoms with van der Waals surface area (Å²) in [7, 11) is 0. The van der Waals surface area contributed by atoms with Crippen LogP contribution in [0.4, 0.5) is 0 Å². The highest BCUT2D eigenvalue weighted by atomic mass is 16.5. The van der Waals surface area contributed by atoms with E-state index < -0.39 is 5.60 Å². The van der Waals surface area contributed by atoms with Crippen molar-refractivity contribution in [3.8, 4) is 5.75 Å². The van der Waals surface area contributed by atoms with E-state index >= 15 is 0 Å². The van der Waals surface area contributed by atoms with Gasteiger partial charge in [-0.15, -0.1) is 0 Å². The lowest BCUT2D eigenvalue weighted by Crippen LogP contribution is -2.58. The molecule has 4 saturated carbocycles. The molecule has 28 heavy (non-hydrogen) atoms. The maximum atomic E-state index is 13.6. The average Bonchev–Trinajstić information content (AvgIpc) is 2.67. The van der Waals surface area contributed by atoms with Crippen LogP contribution in [-0.4, -0.2) is 35.3 Å². The van der Waals surface area contributed by atoms with Crippen molar-refractivity contribution in [3.63, 3.8) is 0 Å². The lowest BCUT2D eigenvalue weighted by molar-refractivity contribution is -0.161. The summed E-state index contributed by atoms with van der Waals surface area (Å²) >= 11 is 0. The Morgan fingerprint density at radius 1 is 0.964 bits per heavy atom. The minimum Gasteiger partial charge on any atom is -0.486 e. The van der Waals surface area contributed by atoms with Crippen molar-refractivity contribution < 1.29 is 14.3 Å². The number of carbonyl (C=O) groups excluding carboxylic acids is 2. The molecule has 4 nitrogen and oxygen atoms in total. The fourth-order valence-corrected chi connectivity index (χ4v) is 7.55. The zero-order valence-electron chi connectivity index (χ0n) is 16.5. The van der Waals surface area contributed by atoms with Gasteiger partial charge in [0.25, 0.3) is 0 Å². The van der Waals surface area contributed by atoms with Gasteiger partial charge in [0.15, 0.2) is 5.78 Å². The third-order valence-electron chi connectivity index (χ3n) is 8.45. The van der Waals surface area contributed by atoms with Gasteiger partial charge in [-0.1, -0.05) is 12.1 Å². The molecule has 0 aromatic heterocycles. The number of para-hydroxylation sites is 1. The molecule has 4 bridgehead atoms. The lowest BCUT2D eigenvalue weighted by atomic mass is 9.49. The van der Waals surface area contributed by atoms with Crippen LogP contribution in [-0.2, 0) is 4.79 Å². The van der Waals surface area contributed by atoms with Crippen LogP contribution < -0.4 is 4.74 Å². The molecule has 0 radical (unpaired) electrons. The second kappa shape index (κ2) is 5.84. The first-order valence-corrected chi connectivity index (χ1v) is 11.1. The van der Waals surface area contributed by atoms with E-state index in [1.54, 1.807) is 0 Å². The monoisotopic (exact) mass is 379 g/mol. The molecule has 1 amide bonds. The Bertz CT molecular complexity index is 801. The van der Waals surface area contributed by atoms with Crippen molar-refractivity contribution in [2.75, 3.05) is 13.1 Å². The third kappa shape index (κ3) is 2.49. The van der Waals surface area contributed by atoms with E-state index in [2.05, 4.69) is 4.90 Å². The fraction of sp³-hybridized carbons (Fsp3) is 0.667. The lowest BCUT2D eigenvalue weighted by Gasteiger charge is -2.57. The van der Waals surface area contributed by atoms with E-state index in [1.165, 1.54) is 19.3 Å². The molecule has 1 saturated heterocycles. The summed E-state index contributed by atoms with van der Waals surface area (Å²) in [6.07, 6.45) is 9.46. The van der Waals surface area contributed by atoms with E-state index in [0.29, 0.717) is 17.9 Å². The molecule has 1 aromatic rings. The number of Topliss-reactive ketones (excluding diaryl/α,β-unsaturated/α-hetero) is 1. The molecule has 4 aliphatic carbocycles. The number of carbonyl (C=O) groups is 2. The minimum atomic E-state index is -0.413. The zero-order chi connectivity index (χ0) is 18.9. The first-order valence-electron chi connectivity index (χ1n) is 11.1. The average molecular weight is 380 g/mol. The number of ketones is 1. The third-order valence-corrected chi connectivity index (χ3v) is 8.45. The van der Waals surface area contributed by atoms with Crippen LogP contribution in [0.1, 0.15) is 68.1 Å². The van der Waals surface area contributed by atoms with Crippen LogP contribution in [0.25, 0.3) is 0 Å². The van der Waals surface area contributed by atoms with E-state index in [1.807, 2.05) is 24.3 Å². The van der Waals surface area contributed by atoms with Crippen molar-refractivity contribution in [3.05, 3.63) is 29.8 Å². The van der Waals surface area contributed by atoms with Gasteiger partial charge in [-0.2, -0.15) is 0 Å². The van der Waals surface area contributed by atoms with Crippen LogP contribution in [0.2, 0.25) is 0 Å². The highest BCUT2D eigenvalue weighted by Gasteiger charge is 2.56. The summed E-state index contributed by atoms with van der Waals surface area (Å²) in [5.74, 6) is 3.71. The summed E-state index contributed by atoms with van der Waals surface area (Å²) in [4.78, 5) is 28.4. The van der Waals surface area contributed by atoms with Gasteiger partial charge >= 0.3 is 0 Å². The minimum absolute atomic E-state index is 0.0604. The standard InChI is InChI=1S/C24H29NO3/c26-20-15-24(28-21-4-2-1-3-19(20)21)5-7-25(8-6-24)22(27)23-12-16-9-17(13-23)11-18(10-16)14-23/h1-4,16-18H,5-15H2. The van der Waals surface area contributed by atoms with Crippen LogP contribution >= 0.6 is 0 Å². The maximum Gasteiger partial charge on any atom is 0.228 e. The first kappa shape index (κ1) is 17.1. The van der Waals surface area contributed by atoms with Gasteiger partial charge in [0.1, 0.15) is 11.4 Å². The molecule has 1 spiro atoms. The van der Waals surface area contributed by atoms with E-state index in [-0.39, 0.29) is 11.2 Å². The number of piperidine rings is 1. The largest absolute Gasteiger partial charge is 0.486 e. The predicted octanol–water partition coefficient (Wildman–Crippen LogP) is 4.23. The van der Waals surface area contributed by atoms with Gasteiger partial charge in [0.2, 0.25) is 5.91 Å². The second-order valence-corrected chi connectivity index (χ2v) is 10.4. The number of hydrogen-bond acceptors (Lipinski definition) is 3. The Labute approximate surface area is 166 Å². The molecular weight excluding hydrogens is 350 g/mol. The molecule has 5 fully saturated rings. The molecule has 0 unspecified atom stereocenters.